The molecule has 4 aromatic rings. The van der Waals surface area contributed by atoms with Crippen LogP contribution in [-0.4, -0.2) is 18.0 Å². The van der Waals surface area contributed by atoms with Gasteiger partial charge in [0.15, 0.2) is 5.16 Å². The van der Waals surface area contributed by atoms with Crippen LogP contribution in [0.4, 0.5) is 8.78 Å². The Labute approximate surface area is 193 Å². The van der Waals surface area contributed by atoms with Crippen LogP contribution in [0.5, 0.6) is 0 Å². The third kappa shape index (κ3) is 5.13. The Morgan fingerprint density at radius 2 is 1.61 bits per heavy atom. The molecule has 0 aliphatic rings. The third-order valence-electron chi connectivity index (χ3n) is 5.11. The highest BCUT2D eigenvalue weighted by Crippen LogP contribution is 2.25. The van der Waals surface area contributed by atoms with E-state index in [1.54, 1.807) is 36.4 Å². The second kappa shape index (κ2) is 9.42. The van der Waals surface area contributed by atoms with Crippen LogP contribution in [0.1, 0.15) is 11.1 Å². The van der Waals surface area contributed by atoms with E-state index in [1.165, 1.54) is 34.9 Å². The molecule has 4 rings (SSSR count). The van der Waals surface area contributed by atoms with E-state index < -0.39 is 21.7 Å². The number of nitrogens with zero attached hydrogens (tertiary/aromatic N) is 2. The predicted molar refractivity (Wildman–Crippen MR) is 123 cm³/mol. The Hall–Kier alpha value is -3.08. The van der Waals surface area contributed by atoms with Gasteiger partial charge in [0.25, 0.3) is 5.56 Å². The molecule has 0 aliphatic heterocycles. The van der Waals surface area contributed by atoms with Gasteiger partial charge >= 0.3 is 0 Å². The van der Waals surface area contributed by atoms with Crippen molar-refractivity contribution in [1.82, 2.24) is 9.55 Å². The molecular weight excluding hydrogens is 468 g/mol. The van der Waals surface area contributed by atoms with Crippen molar-refractivity contribution >= 4 is 32.7 Å². The van der Waals surface area contributed by atoms with Gasteiger partial charge in [0.2, 0.25) is 10.0 Å². The first-order valence-electron chi connectivity index (χ1n) is 9.91. The van der Waals surface area contributed by atoms with Crippen LogP contribution in [0, 0.1) is 11.6 Å². The molecule has 0 aliphatic carbocycles. The lowest BCUT2D eigenvalue weighted by Crippen LogP contribution is -2.24. The molecule has 0 amide bonds. The number of para-hydroxylation sites is 1. The summed E-state index contributed by atoms with van der Waals surface area (Å²) in [5.41, 5.74) is 0.930. The van der Waals surface area contributed by atoms with E-state index in [9.17, 15) is 22.0 Å². The zero-order valence-corrected chi connectivity index (χ0v) is 18.9. The smallest absolute Gasteiger partial charge is 0.262 e. The summed E-state index contributed by atoms with van der Waals surface area (Å²) in [6.07, 6.45) is 0.409. The lowest BCUT2D eigenvalue weighted by atomic mass is 10.1. The number of aryl methyl sites for hydroxylation is 1. The molecule has 2 N–H and O–H groups in total. The van der Waals surface area contributed by atoms with Crippen LogP contribution in [0.15, 0.2) is 81.6 Å². The molecule has 0 saturated carbocycles. The number of hydrogen-bond donors (Lipinski definition) is 1. The van der Waals surface area contributed by atoms with E-state index in [2.05, 4.69) is 4.98 Å². The Morgan fingerprint density at radius 3 is 2.27 bits per heavy atom. The molecule has 3 aromatic carbocycles. The lowest BCUT2D eigenvalue weighted by Gasteiger charge is -2.14. The van der Waals surface area contributed by atoms with Gasteiger partial charge in [-0.3, -0.25) is 9.36 Å². The molecule has 0 fully saturated rings. The molecule has 1 heterocycles. The molecule has 33 heavy (non-hydrogen) atoms. The van der Waals surface area contributed by atoms with E-state index in [0.29, 0.717) is 22.5 Å². The minimum Gasteiger partial charge on any atom is -0.287 e. The standard InChI is InChI=1S/C23H19F2N3O3S2/c24-19-5-3-6-20(25)18(19)14-32-23-27-21-7-2-1-4-17(21)22(29)28(23)13-12-15-8-10-16(11-9-15)33(26,30)31/h1-11H,12-14H2,(H2,26,30,31). The summed E-state index contributed by atoms with van der Waals surface area (Å²) >= 11 is 1.07. The summed E-state index contributed by atoms with van der Waals surface area (Å²) in [5, 5.41) is 5.90. The second-order valence-corrected chi connectivity index (χ2v) is 9.80. The fourth-order valence-corrected chi connectivity index (χ4v) is 4.91. The van der Waals surface area contributed by atoms with E-state index in [0.717, 1.165) is 17.3 Å². The SMILES string of the molecule is NS(=O)(=O)c1ccc(CCn2c(SCc3c(F)cccc3F)nc3ccccc3c2=O)cc1. The third-order valence-corrected chi connectivity index (χ3v) is 7.04. The number of fused-ring (bicyclic) bond motifs is 1. The molecule has 0 atom stereocenters. The topological polar surface area (TPSA) is 95.1 Å². The highest BCUT2D eigenvalue weighted by molar-refractivity contribution is 7.98. The number of aromatic nitrogens is 2. The van der Waals surface area contributed by atoms with E-state index in [-0.39, 0.29) is 28.3 Å². The summed E-state index contributed by atoms with van der Waals surface area (Å²) in [7, 11) is -3.80. The summed E-state index contributed by atoms with van der Waals surface area (Å²) in [6.45, 7) is 0.244. The fraction of sp³-hybridized carbons (Fsp3) is 0.130. The Balaban J connectivity index is 1.65. The quantitative estimate of drug-likeness (QED) is 0.316. The summed E-state index contributed by atoms with van der Waals surface area (Å²) in [5.74, 6) is -1.36. The van der Waals surface area contributed by atoms with Crippen molar-refractivity contribution in [2.24, 2.45) is 5.14 Å². The fourth-order valence-electron chi connectivity index (χ4n) is 3.35. The van der Waals surface area contributed by atoms with Gasteiger partial charge in [-0.2, -0.15) is 0 Å². The largest absolute Gasteiger partial charge is 0.287 e. The second-order valence-electron chi connectivity index (χ2n) is 7.30. The Morgan fingerprint density at radius 1 is 0.939 bits per heavy atom. The average Bonchev–Trinajstić information content (AvgIpc) is 2.78. The van der Waals surface area contributed by atoms with Gasteiger partial charge in [0, 0.05) is 17.9 Å². The normalized spacial score (nSPS) is 11.7. The molecule has 0 saturated heterocycles. The molecule has 6 nitrogen and oxygen atoms in total. The van der Waals surface area contributed by atoms with Gasteiger partial charge in [-0.05, 0) is 48.4 Å². The predicted octanol–water partition coefficient (Wildman–Crippen LogP) is 3.86. The molecule has 0 bridgehead atoms. The summed E-state index contributed by atoms with van der Waals surface area (Å²) < 4.78 is 52.5. The Bertz CT molecular complexity index is 1470. The van der Waals surface area contributed by atoms with Crippen molar-refractivity contribution in [2.45, 2.75) is 28.8 Å². The van der Waals surface area contributed by atoms with Crippen LogP contribution in [-0.2, 0) is 28.7 Å². The number of hydrogen-bond acceptors (Lipinski definition) is 5. The van der Waals surface area contributed by atoms with Crippen molar-refractivity contribution in [3.8, 4) is 0 Å². The maximum atomic E-state index is 14.1. The highest BCUT2D eigenvalue weighted by Gasteiger charge is 2.15. The Kier molecular flexibility index (Phi) is 6.59. The number of sulfonamides is 1. The molecular formula is C23H19F2N3O3S2. The molecule has 0 radical (unpaired) electrons. The van der Waals surface area contributed by atoms with Crippen molar-refractivity contribution in [2.75, 3.05) is 0 Å². The lowest BCUT2D eigenvalue weighted by molar-refractivity contribution is 0.565. The van der Waals surface area contributed by atoms with Gasteiger partial charge in [-0.25, -0.2) is 27.3 Å². The zero-order chi connectivity index (χ0) is 23.6. The van der Waals surface area contributed by atoms with Gasteiger partial charge in [-0.1, -0.05) is 42.1 Å². The van der Waals surface area contributed by atoms with Crippen molar-refractivity contribution in [1.29, 1.82) is 0 Å². The van der Waals surface area contributed by atoms with Crippen LogP contribution in [0.3, 0.4) is 0 Å². The maximum Gasteiger partial charge on any atom is 0.262 e. The first-order chi connectivity index (χ1) is 15.7. The van der Waals surface area contributed by atoms with Gasteiger partial charge in [0.05, 0.1) is 15.8 Å². The van der Waals surface area contributed by atoms with Crippen molar-refractivity contribution in [3.63, 3.8) is 0 Å². The van der Waals surface area contributed by atoms with Gasteiger partial charge in [0.1, 0.15) is 11.6 Å². The number of thioether (sulfide) groups is 1. The molecule has 10 heteroatoms. The number of benzene rings is 3. The van der Waals surface area contributed by atoms with E-state index in [4.69, 9.17) is 5.14 Å². The minimum atomic E-state index is -3.80. The van der Waals surface area contributed by atoms with Crippen molar-refractivity contribution < 1.29 is 17.2 Å². The molecule has 0 unspecified atom stereocenters. The van der Waals surface area contributed by atoms with Crippen LogP contribution >= 0.6 is 11.8 Å². The summed E-state index contributed by atoms with van der Waals surface area (Å²) in [4.78, 5) is 17.7. The van der Waals surface area contributed by atoms with Crippen molar-refractivity contribution in [3.05, 3.63) is 99.8 Å². The first-order valence-corrected chi connectivity index (χ1v) is 12.4. The number of halogens is 2. The van der Waals surface area contributed by atoms with Crippen LogP contribution < -0.4 is 10.7 Å². The number of primary sulfonamides is 1. The molecule has 170 valence electrons. The molecule has 0 spiro atoms. The molecule has 1 aromatic heterocycles. The van der Waals surface area contributed by atoms with Crippen LogP contribution in [0.25, 0.3) is 10.9 Å². The summed E-state index contributed by atoms with van der Waals surface area (Å²) in [6, 6.07) is 16.6. The number of rotatable bonds is 7. The maximum absolute atomic E-state index is 14.1. The van der Waals surface area contributed by atoms with Gasteiger partial charge < -0.3 is 0 Å². The van der Waals surface area contributed by atoms with Crippen LogP contribution in [0.2, 0.25) is 0 Å². The van der Waals surface area contributed by atoms with E-state index in [1.807, 2.05) is 0 Å². The zero-order valence-electron chi connectivity index (χ0n) is 17.2. The highest BCUT2D eigenvalue weighted by atomic mass is 32.2. The van der Waals surface area contributed by atoms with E-state index >= 15 is 0 Å². The minimum absolute atomic E-state index is 0.000974. The first kappa shape index (κ1) is 23.1. The number of nitrogens with two attached hydrogens (primary N) is 1. The average molecular weight is 488 g/mol. The van der Waals surface area contributed by atoms with Gasteiger partial charge in [-0.15, -0.1) is 0 Å². The monoisotopic (exact) mass is 487 g/mol.